The molecule has 0 aliphatic rings. The third-order valence-electron chi connectivity index (χ3n) is 3.26. The van der Waals surface area contributed by atoms with Gasteiger partial charge in [-0.15, -0.1) is 0 Å². The van der Waals surface area contributed by atoms with Crippen LogP contribution in [0.4, 0.5) is 4.79 Å². The lowest BCUT2D eigenvalue weighted by molar-refractivity contribution is 0.0528. The number of primary amides is 1. The van der Waals surface area contributed by atoms with Crippen LogP contribution in [0.2, 0.25) is 0 Å². The molecule has 1 aromatic carbocycles. The summed E-state index contributed by atoms with van der Waals surface area (Å²) in [5.74, 6) is 0.104. The molecule has 0 saturated heterocycles. The SMILES string of the molecule is CC(C)(C)OC(=O)NCCc1ccc(Oc2ncccc2C(N)=O)cc1. The number of rotatable bonds is 6. The maximum Gasteiger partial charge on any atom is 0.407 e. The number of carbonyl (C=O) groups is 2. The minimum Gasteiger partial charge on any atom is -0.444 e. The number of ether oxygens (including phenoxy) is 2. The smallest absolute Gasteiger partial charge is 0.407 e. The second-order valence-corrected chi connectivity index (χ2v) is 6.65. The molecule has 2 amide bonds. The first kappa shape index (κ1) is 19.2. The highest BCUT2D eigenvalue weighted by Crippen LogP contribution is 2.23. The average Bonchev–Trinajstić information content (AvgIpc) is 2.55. The van der Waals surface area contributed by atoms with Crippen molar-refractivity contribution < 1.29 is 19.1 Å². The molecule has 26 heavy (non-hydrogen) atoms. The highest BCUT2D eigenvalue weighted by molar-refractivity contribution is 5.95. The van der Waals surface area contributed by atoms with Gasteiger partial charge < -0.3 is 20.5 Å². The summed E-state index contributed by atoms with van der Waals surface area (Å²) < 4.78 is 10.8. The van der Waals surface area contributed by atoms with E-state index in [2.05, 4.69) is 10.3 Å². The fourth-order valence-electron chi connectivity index (χ4n) is 2.12. The molecule has 0 bridgehead atoms. The number of pyridine rings is 1. The topological polar surface area (TPSA) is 104 Å². The zero-order valence-corrected chi connectivity index (χ0v) is 15.1. The normalized spacial score (nSPS) is 10.9. The molecule has 0 unspecified atom stereocenters. The van der Waals surface area contributed by atoms with E-state index < -0.39 is 17.6 Å². The summed E-state index contributed by atoms with van der Waals surface area (Å²) in [5.41, 5.74) is 6.03. The van der Waals surface area contributed by atoms with E-state index in [0.29, 0.717) is 18.7 Å². The second kappa shape index (κ2) is 8.33. The van der Waals surface area contributed by atoms with Gasteiger partial charge in [0.2, 0.25) is 5.88 Å². The molecule has 1 aromatic heterocycles. The minimum atomic E-state index is -0.599. The fourth-order valence-corrected chi connectivity index (χ4v) is 2.12. The van der Waals surface area contributed by atoms with Gasteiger partial charge in [0.15, 0.2) is 0 Å². The number of aromatic nitrogens is 1. The van der Waals surface area contributed by atoms with Crippen LogP contribution in [0.3, 0.4) is 0 Å². The van der Waals surface area contributed by atoms with Crippen molar-refractivity contribution in [3.63, 3.8) is 0 Å². The summed E-state index contributed by atoms with van der Waals surface area (Å²) in [5, 5.41) is 2.71. The van der Waals surface area contributed by atoms with Gasteiger partial charge in [0.1, 0.15) is 16.9 Å². The summed E-state index contributed by atoms with van der Waals surface area (Å²) in [7, 11) is 0. The molecule has 2 rings (SSSR count). The molecule has 0 aliphatic carbocycles. The Morgan fingerprint density at radius 1 is 1.15 bits per heavy atom. The summed E-state index contributed by atoms with van der Waals surface area (Å²) in [6.45, 7) is 5.91. The molecule has 138 valence electrons. The van der Waals surface area contributed by atoms with E-state index in [9.17, 15) is 9.59 Å². The van der Waals surface area contributed by atoms with Crippen molar-refractivity contribution in [2.45, 2.75) is 32.8 Å². The quantitative estimate of drug-likeness (QED) is 0.827. The van der Waals surface area contributed by atoms with Crippen LogP contribution in [0.15, 0.2) is 42.6 Å². The fraction of sp³-hybridized carbons (Fsp3) is 0.316. The van der Waals surface area contributed by atoms with Gasteiger partial charge in [-0.3, -0.25) is 4.79 Å². The molecule has 0 spiro atoms. The highest BCUT2D eigenvalue weighted by Gasteiger charge is 2.15. The Bertz CT molecular complexity index is 767. The van der Waals surface area contributed by atoms with Crippen molar-refractivity contribution in [3.05, 3.63) is 53.7 Å². The Balaban J connectivity index is 1.89. The maximum atomic E-state index is 11.6. The van der Waals surface area contributed by atoms with Crippen LogP contribution >= 0.6 is 0 Å². The first-order valence-corrected chi connectivity index (χ1v) is 8.23. The van der Waals surface area contributed by atoms with E-state index in [4.69, 9.17) is 15.2 Å². The second-order valence-electron chi connectivity index (χ2n) is 6.65. The van der Waals surface area contributed by atoms with Crippen LogP contribution in [-0.4, -0.2) is 29.1 Å². The molecule has 2 aromatic rings. The van der Waals surface area contributed by atoms with E-state index >= 15 is 0 Å². The van der Waals surface area contributed by atoms with Gasteiger partial charge in [-0.25, -0.2) is 9.78 Å². The van der Waals surface area contributed by atoms with Gasteiger partial charge >= 0.3 is 6.09 Å². The van der Waals surface area contributed by atoms with Crippen LogP contribution in [0.1, 0.15) is 36.7 Å². The van der Waals surface area contributed by atoms with E-state index in [1.54, 1.807) is 24.3 Å². The third kappa shape index (κ3) is 6.08. The number of amides is 2. The van der Waals surface area contributed by atoms with Crippen LogP contribution in [0.25, 0.3) is 0 Å². The molecular weight excluding hydrogens is 334 g/mol. The van der Waals surface area contributed by atoms with Crippen LogP contribution < -0.4 is 15.8 Å². The number of alkyl carbamates (subject to hydrolysis) is 1. The molecule has 0 atom stereocenters. The summed E-state index contributed by atoms with van der Waals surface area (Å²) in [6.07, 6.45) is 1.74. The average molecular weight is 357 g/mol. The van der Waals surface area contributed by atoms with Gasteiger partial charge in [0, 0.05) is 12.7 Å². The summed E-state index contributed by atoms with van der Waals surface area (Å²) >= 11 is 0. The molecule has 7 heteroatoms. The predicted molar refractivity (Wildman–Crippen MR) is 97.2 cm³/mol. The monoisotopic (exact) mass is 357 g/mol. The summed E-state index contributed by atoms with van der Waals surface area (Å²) in [4.78, 5) is 27.0. The van der Waals surface area contributed by atoms with Gasteiger partial charge in [0.05, 0.1) is 0 Å². The first-order chi connectivity index (χ1) is 12.2. The third-order valence-corrected chi connectivity index (χ3v) is 3.26. The number of nitrogens with two attached hydrogens (primary N) is 1. The van der Waals surface area contributed by atoms with Crippen molar-refractivity contribution in [2.24, 2.45) is 5.73 Å². The van der Waals surface area contributed by atoms with Crippen molar-refractivity contribution in [1.82, 2.24) is 10.3 Å². The number of hydrogen-bond donors (Lipinski definition) is 2. The van der Waals surface area contributed by atoms with Crippen LogP contribution in [0, 0.1) is 0 Å². The largest absolute Gasteiger partial charge is 0.444 e. The van der Waals surface area contributed by atoms with E-state index in [0.717, 1.165) is 5.56 Å². The zero-order valence-electron chi connectivity index (χ0n) is 15.1. The van der Waals surface area contributed by atoms with Crippen molar-refractivity contribution in [3.8, 4) is 11.6 Å². The molecule has 0 fully saturated rings. The lowest BCUT2D eigenvalue weighted by atomic mass is 10.1. The Labute approximate surface area is 152 Å². The minimum absolute atomic E-state index is 0.166. The molecule has 0 saturated carbocycles. The Hall–Kier alpha value is -3.09. The summed E-state index contributed by atoms with van der Waals surface area (Å²) in [6, 6.07) is 10.5. The zero-order chi connectivity index (χ0) is 19.2. The van der Waals surface area contributed by atoms with Crippen molar-refractivity contribution in [2.75, 3.05) is 6.54 Å². The predicted octanol–water partition coefficient (Wildman–Crippen LogP) is 3.04. The molecule has 0 aliphatic heterocycles. The van der Waals surface area contributed by atoms with Crippen LogP contribution in [-0.2, 0) is 11.2 Å². The molecule has 1 heterocycles. The Morgan fingerprint density at radius 3 is 2.46 bits per heavy atom. The number of nitrogens with zero attached hydrogens (tertiary/aromatic N) is 1. The van der Waals surface area contributed by atoms with Gasteiger partial charge in [0.25, 0.3) is 5.91 Å². The van der Waals surface area contributed by atoms with Crippen molar-refractivity contribution in [1.29, 1.82) is 0 Å². The first-order valence-electron chi connectivity index (χ1n) is 8.23. The van der Waals surface area contributed by atoms with E-state index in [1.165, 1.54) is 6.20 Å². The number of carbonyl (C=O) groups excluding carboxylic acids is 2. The lowest BCUT2D eigenvalue weighted by Crippen LogP contribution is -2.33. The molecule has 0 radical (unpaired) electrons. The number of nitrogens with one attached hydrogen (secondary N) is 1. The maximum absolute atomic E-state index is 11.6. The van der Waals surface area contributed by atoms with E-state index in [1.807, 2.05) is 32.9 Å². The number of hydrogen-bond acceptors (Lipinski definition) is 5. The van der Waals surface area contributed by atoms with Gasteiger partial charge in [-0.2, -0.15) is 0 Å². The number of benzene rings is 1. The lowest BCUT2D eigenvalue weighted by Gasteiger charge is -2.19. The molecular formula is C19H23N3O4. The Kier molecular flexibility index (Phi) is 6.16. The van der Waals surface area contributed by atoms with E-state index in [-0.39, 0.29) is 11.4 Å². The molecule has 7 nitrogen and oxygen atoms in total. The Morgan fingerprint density at radius 2 is 1.85 bits per heavy atom. The van der Waals surface area contributed by atoms with Gasteiger partial charge in [-0.1, -0.05) is 12.1 Å². The standard InChI is InChI=1S/C19H23N3O4/c1-19(2,3)26-18(24)22-12-10-13-6-8-14(9-7-13)25-17-15(16(20)23)5-4-11-21-17/h4-9,11H,10,12H2,1-3H3,(H2,20,23)(H,22,24). The van der Waals surface area contributed by atoms with Gasteiger partial charge in [-0.05, 0) is 57.0 Å². The highest BCUT2D eigenvalue weighted by atomic mass is 16.6. The van der Waals surface area contributed by atoms with Crippen molar-refractivity contribution >= 4 is 12.0 Å². The molecule has 3 N–H and O–H groups in total. The van der Waals surface area contributed by atoms with Crippen LogP contribution in [0.5, 0.6) is 11.6 Å².